The van der Waals surface area contributed by atoms with E-state index < -0.39 is 0 Å². The minimum absolute atomic E-state index is 0. The van der Waals surface area contributed by atoms with Gasteiger partial charge in [-0.1, -0.05) is 11.6 Å². The molecule has 2 rings (SSSR count). The van der Waals surface area contributed by atoms with Crippen molar-refractivity contribution < 1.29 is 4.79 Å². The highest BCUT2D eigenvalue weighted by molar-refractivity contribution is 6.30. The molecule has 0 spiro atoms. The Hall–Kier alpha value is -0.810. The van der Waals surface area contributed by atoms with Crippen molar-refractivity contribution >= 4 is 35.6 Å². The SMILES string of the molecule is CNCC1CCN(CC(=O)Nc2ccc(Cl)cc2C)C1.Cl. The van der Waals surface area contributed by atoms with Crippen LogP contribution in [0.25, 0.3) is 0 Å². The standard InChI is InChI=1S/C15H22ClN3O.ClH/c1-11-7-13(16)3-4-14(11)18-15(20)10-19-6-5-12(9-19)8-17-2;/h3-4,7,12,17H,5-6,8-10H2,1-2H3,(H,18,20);1H. The van der Waals surface area contributed by atoms with Gasteiger partial charge in [-0.05, 0) is 63.2 Å². The zero-order valence-corrected chi connectivity index (χ0v) is 14.1. The van der Waals surface area contributed by atoms with Gasteiger partial charge in [-0.15, -0.1) is 12.4 Å². The molecule has 0 bridgehead atoms. The Labute approximate surface area is 137 Å². The van der Waals surface area contributed by atoms with Crippen molar-refractivity contribution in [2.24, 2.45) is 5.92 Å². The lowest BCUT2D eigenvalue weighted by atomic mass is 10.1. The molecule has 21 heavy (non-hydrogen) atoms. The maximum Gasteiger partial charge on any atom is 0.238 e. The Bertz CT molecular complexity index is 482. The van der Waals surface area contributed by atoms with Gasteiger partial charge in [0, 0.05) is 17.3 Å². The van der Waals surface area contributed by atoms with Crippen LogP contribution in [0.4, 0.5) is 5.69 Å². The van der Waals surface area contributed by atoms with Gasteiger partial charge in [-0.2, -0.15) is 0 Å². The van der Waals surface area contributed by atoms with Crippen molar-refractivity contribution in [3.8, 4) is 0 Å². The molecule has 0 aliphatic carbocycles. The highest BCUT2D eigenvalue weighted by Gasteiger charge is 2.23. The van der Waals surface area contributed by atoms with Crippen LogP contribution >= 0.6 is 24.0 Å². The van der Waals surface area contributed by atoms with Crippen molar-refractivity contribution in [2.75, 3.05) is 38.5 Å². The van der Waals surface area contributed by atoms with Gasteiger partial charge in [0.2, 0.25) is 5.91 Å². The van der Waals surface area contributed by atoms with Crippen LogP contribution in [0.5, 0.6) is 0 Å². The maximum absolute atomic E-state index is 12.1. The maximum atomic E-state index is 12.1. The van der Waals surface area contributed by atoms with E-state index in [1.54, 1.807) is 6.07 Å². The lowest BCUT2D eigenvalue weighted by Crippen LogP contribution is -2.32. The molecule has 1 saturated heterocycles. The van der Waals surface area contributed by atoms with E-state index in [9.17, 15) is 4.79 Å². The van der Waals surface area contributed by atoms with E-state index in [2.05, 4.69) is 15.5 Å². The summed E-state index contributed by atoms with van der Waals surface area (Å²) in [6.45, 7) is 5.42. The number of carbonyl (C=O) groups is 1. The summed E-state index contributed by atoms with van der Waals surface area (Å²) in [5.41, 5.74) is 1.82. The van der Waals surface area contributed by atoms with Gasteiger partial charge in [0.05, 0.1) is 6.54 Å². The Morgan fingerprint density at radius 1 is 1.48 bits per heavy atom. The molecule has 1 unspecified atom stereocenters. The smallest absolute Gasteiger partial charge is 0.238 e. The molecule has 0 saturated carbocycles. The summed E-state index contributed by atoms with van der Waals surface area (Å²) < 4.78 is 0. The van der Waals surface area contributed by atoms with Crippen molar-refractivity contribution in [3.05, 3.63) is 28.8 Å². The lowest BCUT2D eigenvalue weighted by molar-refractivity contribution is -0.117. The molecular weight excluding hydrogens is 309 g/mol. The summed E-state index contributed by atoms with van der Waals surface area (Å²) in [5.74, 6) is 0.700. The topological polar surface area (TPSA) is 44.4 Å². The van der Waals surface area contributed by atoms with E-state index >= 15 is 0 Å². The summed E-state index contributed by atoms with van der Waals surface area (Å²) >= 11 is 5.91. The number of carbonyl (C=O) groups excluding carboxylic acids is 1. The van der Waals surface area contributed by atoms with Crippen LogP contribution in [0.1, 0.15) is 12.0 Å². The lowest BCUT2D eigenvalue weighted by Gasteiger charge is -2.16. The van der Waals surface area contributed by atoms with Crippen molar-refractivity contribution in [1.82, 2.24) is 10.2 Å². The first kappa shape index (κ1) is 18.2. The predicted molar refractivity (Wildman–Crippen MR) is 90.5 cm³/mol. The summed E-state index contributed by atoms with van der Waals surface area (Å²) in [7, 11) is 1.97. The summed E-state index contributed by atoms with van der Waals surface area (Å²) in [4.78, 5) is 14.3. The minimum atomic E-state index is 0. The minimum Gasteiger partial charge on any atom is -0.325 e. The van der Waals surface area contributed by atoms with Crippen LogP contribution in [0.15, 0.2) is 18.2 Å². The highest BCUT2D eigenvalue weighted by atomic mass is 35.5. The number of hydrogen-bond donors (Lipinski definition) is 2. The number of nitrogens with zero attached hydrogens (tertiary/aromatic N) is 1. The number of aryl methyl sites for hydroxylation is 1. The van der Waals surface area contributed by atoms with Crippen LogP contribution < -0.4 is 10.6 Å². The number of amides is 1. The second kappa shape index (κ2) is 8.59. The number of hydrogen-bond acceptors (Lipinski definition) is 3. The number of nitrogens with one attached hydrogen (secondary N) is 2. The van der Waals surface area contributed by atoms with Gasteiger partial charge in [0.25, 0.3) is 0 Å². The molecule has 1 atom stereocenters. The normalized spacial score (nSPS) is 18.3. The Morgan fingerprint density at radius 3 is 2.90 bits per heavy atom. The van der Waals surface area contributed by atoms with E-state index in [0.717, 1.165) is 37.3 Å². The van der Waals surface area contributed by atoms with E-state index in [-0.39, 0.29) is 18.3 Å². The van der Waals surface area contributed by atoms with Crippen molar-refractivity contribution in [3.63, 3.8) is 0 Å². The van der Waals surface area contributed by atoms with Gasteiger partial charge < -0.3 is 10.6 Å². The fraction of sp³-hybridized carbons (Fsp3) is 0.533. The molecule has 118 valence electrons. The largest absolute Gasteiger partial charge is 0.325 e. The van der Waals surface area contributed by atoms with E-state index in [1.165, 1.54) is 0 Å². The molecule has 1 aromatic rings. The third-order valence-electron chi connectivity index (χ3n) is 3.69. The van der Waals surface area contributed by atoms with Crippen LogP contribution in [0.3, 0.4) is 0 Å². The molecule has 1 fully saturated rings. The molecule has 1 aliphatic heterocycles. The average Bonchev–Trinajstić information content (AvgIpc) is 2.81. The van der Waals surface area contributed by atoms with Crippen LogP contribution in [0, 0.1) is 12.8 Å². The van der Waals surface area contributed by atoms with E-state index in [0.29, 0.717) is 17.5 Å². The van der Waals surface area contributed by atoms with Crippen LogP contribution in [-0.4, -0.2) is 44.0 Å². The van der Waals surface area contributed by atoms with Gasteiger partial charge >= 0.3 is 0 Å². The zero-order chi connectivity index (χ0) is 14.5. The van der Waals surface area contributed by atoms with Crippen molar-refractivity contribution in [2.45, 2.75) is 13.3 Å². The van der Waals surface area contributed by atoms with E-state index in [1.807, 2.05) is 26.1 Å². The molecule has 1 aliphatic rings. The Balaban J connectivity index is 0.00000220. The first-order valence-corrected chi connectivity index (χ1v) is 7.39. The van der Waals surface area contributed by atoms with Crippen molar-refractivity contribution in [1.29, 1.82) is 0 Å². The zero-order valence-electron chi connectivity index (χ0n) is 12.5. The Morgan fingerprint density at radius 2 is 2.24 bits per heavy atom. The second-order valence-electron chi connectivity index (χ2n) is 5.45. The average molecular weight is 332 g/mol. The molecule has 6 heteroatoms. The van der Waals surface area contributed by atoms with Crippen LogP contribution in [0.2, 0.25) is 5.02 Å². The van der Waals surface area contributed by atoms with Gasteiger partial charge in [0.1, 0.15) is 0 Å². The number of likely N-dealkylation sites (tertiary alicyclic amines) is 1. The Kier molecular flexibility index (Phi) is 7.46. The fourth-order valence-corrected chi connectivity index (χ4v) is 2.90. The molecule has 1 amide bonds. The second-order valence-corrected chi connectivity index (χ2v) is 5.89. The predicted octanol–water partition coefficient (Wildman–Crippen LogP) is 2.55. The summed E-state index contributed by atoms with van der Waals surface area (Å²) in [5, 5.41) is 6.84. The molecular formula is C15H23Cl2N3O. The fourth-order valence-electron chi connectivity index (χ4n) is 2.67. The quantitative estimate of drug-likeness (QED) is 0.871. The monoisotopic (exact) mass is 331 g/mol. The summed E-state index contributed by atoms with van der Waals surface area (Å²) in [6, 6.07) is 5.50. The molecule has 2 N–H and O–H groups in total. The number of anilines is 1. The molecule has 0 aromatic heterocycles. The molecule has 4 nitrogen and oxygen atoms in total. The third kappa shape index (κ3) is 5.47. The number of halogens is 2. The van der Waals surface area contributed by atoms with Gasteiger partial charge in [-0.25, -0.2) is 0 Å². The summed E-state index contributed by atoms with van der Waals surface area (Å²) in [6.07, 6.45) is 1.16. The molecule has 0 radical (unpaired) electrons. The number of rotatable bonds is 5. The van der Waals surface area contributed by atoms with Gasteiger partial charge in [0.15, 0.2) is 0 Å². The molecule has 1 aromatic carbocycles. The molecule has 1 heterocycles. The highest BCUT2D eigenvalue weighted by Crippen LogP contribution is 2.20. The van der Waals surface area contributed by atoms with Gasteiger partial charge in [-0.3, -0.25) is 9.69 Å². The van der Waals surface area contributed by atoms with E-state index in [4.69, 9.17) is 11.6 Å². The first-order chi connectivity index (χ1) is 9.58. The first-order valence-electron chi connectivity index (χ1n) is 7.01. The van der Waals surface area contributed by atoms with Crippen LogP contribution in [-0.2, 0) is 4.79 Å². The number of benzene rings is 1. The third-order valence-corrected chi connectivity index (χ3v) is 3.93.